The average molecular weight is 563 g/mol. The standard InChI is InChI=1S/C28H27F5N4O3/c1-17(38)27(29,30)20-6-4-18(5-7-20)14-25(39)34-21-10-13-24-23(15-21)35-36-37(24)16-26(2,3)19-8-11-22(12-9-19)40-28(31,32)33/h4-13,15,17,38H,14,16H2,1-3H3,(H,34,39). The van der Waals surface area contributed by atoms with Gasteiger partial charge in [-0.1, -0.05) is 55.5 Å². The van der Waals surface area contributed by atoms with E-state index >= 15 is 0 Å². The van der Waals surface area contributed by atoms with Crippen LogP contribution in [0.1, 0.15) is 37.5 Å². The SMILES string of the molecule is CC(O)C(F)(F)c1ccc(CC(=O)Nc2ccc3c(c2)nnn3CC(C)(C)c2ccc(OC(F)(F)F)cc2)cc1. The van der Waals surface area contributed by atoms with Gasteiger partial charge >= 0.3 is 6.36 Å². The second-order valence-electron chi connectivity index (χ2n) is 10.1. The largest absolute Gasteiger partial charge is 0.573 e. The molecule has 12 heteroatoms. The van der Waals surface area contributed by atoms with Gasteiger partial charge in [0.1, 0.15) is 17.4 Å². The summed E-state index contributed by atoms with van der Waals surface area (Å²) in [6, 6.07) is 15.9. The maximum absolute atomic E-state index is 14.0. The molecular weight excluding hydrogens is 535 g/mol. The van der Waals surface area contributed by atoms with Gasteiger partial charge in [-0.25, -0.2) is 4.68 Å². The van der Waals surface area contributed by atoms with Gasteiger partial charge in [0.25, 0.3) is 5.92 Å². The summed E-state index contributed by atoms with van der Waals surface area (Å²) in [5.41, 5.74) is 2.13. The summed E-state index contributed by atoms with van der Waals surface area (Å²) >= 11 is 0. The zero-order valence-electron chi connectivity index (χ0n) is 21.8. The van der Waals surface area contributed by atoms with Gasteiger partial charge in [-0.05, 0) is 48.4 Å². The molecule has 4 aromatic rings. The molecule has 7 nitrogen and oxygen atoms in total. The summed E-state index contributed by atoms with van der Waals surface area (Å²) in [7, 11) is 0. The van der Waals surface area contributed by atoms with Crippen molar-refractivity contribution in [1.29, 1.82) is 0 Å². The van der Waals surface area contributed by atoms with E-state index in [2.05, 4.69) is 20.4 Å². The molecule has 0 aliphatic carbocycles. The Bertz CT molecular complexity index is 1480. The van der Waals surface area contributed by atoms with E-state index in [4.69, 9.17) is 0 Å². The molecular formula is C28H27F5N4O3. The minimum atomic E-state index is -4.76. The number of hydrogen-bond donors (Lipinski definition) is 2. The lowest BCUT2D eigenvalue weighted by atomic mass is 9.84. The fraction of sp³-hybridized carbons (Fsp3) is 0.321. The molecule has 0 saturated heterocycles. The maximum atomic E-state index is 14.0. The van der Waals surface area contributed by atoms with Crippen LogP contribution >= 0.6 is 0 Å². The number of aromatic nitrogens is 3. The maximum Gasteiger partial charge on any atom is 0.573 e. The zero-order valence-corrected chi connectivity index (χ0v) is 21.8. The Labute approximate surface area is 226 Å². The number of aliphatic hydroxyl groups is 1. The van der Waals surface area contributed by atoms with Crippen molar-refractivity contribution in [1.82, 2.24) is 15.0 Å². The third-order valence-electron chi connectivity index (χ3n) is 6.44. The number of hydrogen-bond acceptors (Lipinski definition) is 5. The molecule has 0 aliphatic rings. The normalized spacial score (nSPS) is 13.3. The first-order valence-electron chi connectivity index (χ1n) is 12.3. The van der Waals surface area contributed by atoms with Crippen molar-refractivity contribution in [3.63, 3.8) is 0 Å². The van der Waals surface area contributed by atoms with Crippen LogP contribution in [0, 0.1) is 0 Å². The second kappa shape index (κ2) is 10.8. The third kappa shape index (κ3) is 6.74. The van der Waals surface area contributed by atoms with Gasteiger partial charge in [0.05, 0.1) is 18.5 Å². The van der Waals surface area contributed by atoms with Crippen LogP contribution in [0.15, 0.2) is 66.7 Å². The Morgan fingerprint density at radius 1 is 0.975 bits per heavy atom. The molecule has 0 fully saturated rings. The van der Waals surface area contributed by atoms with E-state index < -0.39 is 23.8 Å². The van der Waals surface area contributed by atoms with E-state index in [1.54, 1.807) is 35.0 Å². The summed E-state index contributed by atoms with van der Waals surface area (Å²) in [5.74, 6) is -4.05. The summed E-state index contributed by atoms with van der Waals surface area (Å²) in [4.78, 5) is 12.5. The van der Waals surface area contributed by atoms with Crippen LogP contribution in [0.5, 0.6) is 5.75 Å². The Kier molecular flexibility index (Phi) is 7.84. The van der Waals surface area contributed by atoms with Crippen molar-refractivity contribution >= 4 is 22.6 Å². The Hall–Kier alpha value is -4.06. The number of rotatable bonds is 9. The van der Waals surface area contributed by atoms with Gasteiger partial charge in [-0.3, -0.25) is 4.79 Å². The predicted octanol–water partition coefficient (Wildman–Crippen LogP) is 5.96. The summed E-state index contributed by atoms with van der Waals surface area (Å²) in [6.07, 6.45) is -6.65. The van der Waals surface area contributed by atoms with Crippen LogP contribution in [-0.2, 0) is 29.1 Å². The molecule has 2 N–H and O–H groups in total. The minimum absolute atomic E-state index is 0.0494. The number of amides is 1. The monoisotopic (exact) mass is 562 g/mol. The third-order valence-corrected chi connectivity index (χ3v) is 6.44. The quantitative estimate of drug-likeness (QED) is 0.246. The Morgan fingerprint density at radius 3 is 2.20 bits per heavy atom. The number of nitrogens with one attached hydrogen (secondary N) is 1. The highest BCUT2D eigenvalue weighted by Gasteiger charge is 2.37. The lowest BCUT2D eigenvalue weighted by Gasteiger charge is -2.25. The van der Waals surface area contributed by atoms with Crippen LogP contribution in [0.25, 0.3) is 11.0 Å². The van der Waals surface area contributed by atoms with Crippen LogP contribution in [0.3, 0.4) is 0 Å². The highest BCUT2D eigenvalue weighted by molar-refractivity contribution is 5.94. The van der Waals surface area contributed by atoms with Crippen LogP contribution in [0.4, 0.5) is 27.6 Å². The molecule has 0 aliphatic heterocycles. The van der Waals surface area contributed by atoms with Gasteiger partial charge in [-0.15, -0.1) is 18.3 Å². The van der Waals surface area contributed by atoms with Gasteiger partial charge in [-0.2, -0.15) is 8.78 Å². The molecule has 40 heavy (non-hydrogen) atoms. The molecule has 1 amide bonds. The second-order valence-corrected chi connectivity index (χ2v) is 10.1. The molecule has 0 bridgehead atoms. The van der Waals surface area contributed by atoms with Crippen molar-refractivity contribution in [2.24, 2.45) is 0 Å². The number of ether oxygens (including phenoxy) is 1. The molecule has 1 heterocycles. The smallest absolute Gasteiger partial charge is 0.406 e. The van der Waals surface area contributed by atoms with Gasteiger partial charge < -0.3 is 15.2 Å². The van der Waals surface area contributed by atoms with E-state index in [0.717, 1.165) is 12.5 Å². The molecule has 0 spiro atoms. The number of aliphatic hydroxyl groups excluding tert-OH is 1. The number of fused-ring (bicyclic) bond motifs is 1. The molecule has 0 radical (unpaired) electrons. The number of carbonyl (C=O) groups is 1. The number of halogens is 5. The highest BCUT2D eigenvalue weighted by Crippen LogP contribution is 2.32. The first-order chi connectivity index (χ1) is 18.6. The summed E-state index contributed by atoms with van der Waals surface area (Å²) < 4.78 is 70.9. The molecule has 1 aromatic heterocycles. The Balaban J connectivity index is 1.41. The van der Waals surface area contributed by atoms with Gasteiger partial charge in [0.2, 0.25) is 5.91 Å². The van der Waals surface area contributed by atoms with Crippen LogP contribution in [0.2, 0.25) is 0 Å². The molecule has 212 valence electrons. The molecule has 3 aromatic carbocycles. The van der Waals surface area contributed by atoms with Gasteiger partial charge in [0.15, 0.2) is 0 Å². The van der Waals surface area contributed by atoms with Gasteiger partial charge in [0, 0.05) is 16.7 Å². The zero-order chi connectivity index (χ0) is 29.3. The number of carbonyl (C=O) groups excluding carboxylic acids is 1. The van der Waals surface area contributed by atoms with Crippen molar-refractivity contribution in [2.45, 2.75) is 57.5 Å². The average Bonchev–Trinajstić information content (AvgIpc) is 3.24. The lowest BCUT2D eigenvalue weighted by Crippen LogP contribution is -2.27. The number of alkyl halides is 5. The fourth-order valence-corrected chi connectivity index (χ4v) is 4.22. The Morgan fingerprint density at radius 2 is 1.60 bits per heavy atom. The van der Waals surface area contributed by atoms with Crippen LogP contribution < -0.4 is 10.1 Å². The summed E-state index contributed by atoms with van der Waals surface area (Å²) in [5, 5.41) is 20.4. The van der Waals surface area contributed by atoms with E-state index in [-0.39, 0.29) is 23.6 Å². The highest BCUT2D eigenvalue weighted by atomic mass is 19.4. The van der Waals surface area contributed by atoms with E-state index in [1.807, 2.05) is 13.8 Å². The molecule has 4 rings (SSSR count). The van der Waals surface area contributed by atoms with E-state index in [0.29, 0.717) is 28.8 Å². The first kappa shape index (κ1) is 28.9. The minimum Gasteiger partial charge on any atom is -0.406 e. The molecule has 1 atom stereocenters. The summed E-state index contributed by atoms with van der Waals surface area (Å²) in [6.45, 7) is 5.23. The number of benzene rings is 3. The topological polar surface area (TPSA) is 89.3 Å². The van der Waals surface area contributed by atoms with E-state index in [1.165, 1.54) is 36.4 Å². The number of anilines is 1. The van der Waals surface area contributed by atoms with Crippen molar-refractivity contribution in [2.75, 3.05) is 5.32 Å². The fourth-order valence-electron chi connectivity index (χ4n) is 4.22. The predicted molar refractivity (Wildman–Crippen MR) is 138 cm³/mol. The van der Waals surface area contributed by atoms with Crippen molar-refractivity contribution < 1.29 is 36.6 Å². The van der Waals surface area contributed by atoms with Crippen LogP contribution in [-0.4, -0.2) is 38.5 Å². The van der Waals surface area contributed by atoms with Crippen molar-refractivity contribution in [3.8, 4) is 5.75 Å². The molecule has 1 unspecified atom stereocenters. The van der Waals surface area contributed by atoms with Crippen molar-refractivity contribution in [3.05, 3.63) is 83.4 Å². The number of nitrogens with zero attached hydrogens (tertiary/aromatic N) is 3. The lowest BCUT2D eigenvalue weighted by molar-refractivity contribution is -0.274. The first-order valence-corrected chi connectivity index (χ1v) is 12.3. The molecule has 0 saturated carbocycles. The van der Waals surface area contributed by atoms with E-state index in [9.17, 15) is 31.9 Å².